The molecule has 0 heterocycles. The molecule has 0 unspecified atom stereocenters. The largest absolute Gasteiger partial charge is 0.508 e. The molecule has 0 fully saturated rings. The molecule has 4 aromatic carbocycles. The molecular formula is C35H42O4S. The molecule has 0 bridgehead atoms. The van der Waals surface area contributed by atoms with Gasteiger partial charge < -0.3 is 9.29 Å². The molecule has 0 atom stereocenters. The van der Waals surface area contributed by atoms with E-state index in [-0.39, 0.29) is 10.8 Å². The highest BCUT2D eigenvalue weighted by atomic mass is 32.2. The van der Waals surface area contributed by atoms with Crippen molar-refractivity contribution in [3.05, 3.63) is 107 Å². The molecule has 0 aliphatic carbocycles. The fourth-order valence-electron chi connectivity index (χ4n) is 4.40. The summed E-state index contributed by atoms with van der Waals surface area (Å²) in [6.45, 7) is 16.9. The van der Waals surface area contributed by atoms with Crippen molar-refractivity contribution in [2.45, 2.75) is 66.2 Å². The lowest BCUT2D eigenvalue weighted by Crippen LogP contribution is -2.12. The van der Waals surface area contributed by atoms with E-state index in [0.29, 0.717) is 11.5 Å². The predicted molar refractivity (Wildman–Crippen MR) is 168 cm³/mol. The van der Waals surface area contributed by atoms with Gasteiger partial charge in [-0.3, -0.25) is 0 Å². The van der Waals surface area contributed by atoms with Crippen LogP contribution in [0.1, 0.15) is 63.8 Å². The van der Waals surface area contributed by atoms with Crippen LogP contribution in [0.3, 0.4) is 0 Å². The fraction of sp³-hybridized carbons (Fsp3) is 0.314. The Balaban J connectivity index is 0.000000225. The van der Waals surface area contributed by atoms with Crippen molar-refractivity contribution >= 4 is 10.1 Å². The highest BCUT2D eigenvalue weighted by Crippen LogP contribution is 2.34. The Kier molecular flexibility index (Phi) is 9.21. The lowest BCUT2D eigenvalue weighted by molar-refractivity contribution is 0.471. The third-order valence-corrected chi connectivity index (χ3v) is 7.21. The standard InChI is InChI=1S/C18H22O3S.C17H20O/c1-13-8-6-7-9-17(13)14-10-15(18(2,3)4)12-16(11-14)21-22(5,19)20;1-12-7-5-6-8-16(12)13-9-14(17(2,3)4)11-15(18)10-13/h6-12H,1-5H3;5-11,18H,1-4H3. The zero-order chi connectivity index (χ0) is 29.9. The van der Waals surface area contributed by atoms with Gasteiger partial charge >= 0.3 is 10.1 Å². The third kappa shape index (κ3) is 8.46. The predicted octanol–water partition coefficient (Wildman–Crippen LogP) is 8.96. The number of aryl methyl sites for hydroxylation is 2. The summed E-state index contributed by atoms with van der Waals surface area (Å²) in [7, 11) is -3.55. The molecule has 0 aliphatic heterocycles. The number of phenolic OH excluding ortho intramolecular Hbond substituents is 1. The molecule has 4 aromatic rings. The molecule has 0 aliphatic rings. The van der Waals surface area contributed by atoms with Gasteiger partial charge in [-0.05, 0) is 93.5 Å². The molecule has 5 heteroatoms. The minimum atomic E-state index is -3.55. The van der Waals surface area contributed by atoms with Crippen LogP contribution in [0.25, 0.3) is 22.3 Å². The van der Waals surface area contributed by atoms with Crippen LogP contribution >= 0.6 is 0 Å². The molecule has 212 valence electrons. The van der Waals surface area contributed by atoms with Gasteiger partial charge in [-0.25, -0.2) is 0 Å². The molecule has 1 N–H and O–H groups in total. The molecule has 4 rings (SSSR count). The Morgan fingerprint density at radius 3 is 1.48 bits per heavy atom. The van der Waals surface area contributed by atoms with E-state index in [1.54, 1.807) is 12.1 Å². The monoisotopic (exact) mass is 558 g/mol. The molecule has 40 heavy (non-hydrogen) atoms. The summed E-state index contributed by atoms with van der Waals surface area (Å²) in [6, 6.07) is 27.8. The zero-order valence-corrected chi connectivity index (χ0v) is 26.0. The SMILES string of the molecule is Cc1ccccc1-c1cc(O)cc(C(C)(C)C)c1.Cc1ccccc1-c1cc(OS(C)(=O)=O)cc(C(C)(C)C)c1. The first-order valence-corrected chi connectivity index (χ1v) is 15.3. The lowest BCUT2D eigenvalue weighted by Gasteiger charge is -2.21. The molecule has 0 aromatic heterocycles. The molecule has 0 radical (unpaired) electrons. The van der Waals surface area contributed by atoms with Crippen LogP contribution in [0.4, 0.5) is 0 Å². The van der Waals surface area contributed by atoms with Crippen molar-refractivity contribution in [1.29, 1.82) is 0 Å². The number of hydrogen-bond donors (Lipinski definition) is 1. The molecule has 4 nitrogen and oxygen atoms in total. The highest BCUT2D eigenvalue weighted by molar-refractivity contribution is 7.86. The molecule has 0 saturated carbocycles. The summed E-state index contributed by atoms with van der Waals surface area (Å²) in [5.74, 6) is 0.689. The summed E-state index contributed by atoms with van der Waals surface area (Å²) in [6.07, 6.45) is 1.06. The first kappa shape index (κ1) is 31.0. The first-order valence-electron chi connectivity index (χ1n) is 13.5. The Labute approximate surface area is 240 Å². The molecule has 0 spiro atoms. The number of rotatable bonds is 4. The van der Waals surface area contributed by atoms with E-state index in [4.69, 9.17) is 4.18 Å². The summed E-state index contributed by atoms with van der Waals surface area (Å²) < 4.78 is 28.0. The van der Waals surface area contributed by atoms with Gasteiger partial charge in [0, 0.05) is 0 Å². The average molecular weight is 559 g/mol. The van der Waals surface area contributed by atoms with E-state index in [2.05, 4.69) is 72.7 Å². The lowest BCUT2D eigenvalue weighted by atomic mass is 9.85. The fourth-order valence-corrected chi connectivity index (χ4v) is 4.85. The zero-order valence-electron chi connectivity index (χ0n) is 25.2. The topological polar surface area (TPSA) is 63.6 Å². The van der Waals surface area contributed by atoms with Crippen molar-refractivity contribution in [3.8, 4) is 33.8 Å². The van der Waals surface area contributed by atoms with E-state index in [1.807, 2.05) is 55.5 Å². The van der Waals surface area contributed by atoms with Gasteiger partial charge in [-0.1, -0.05) is 102 Å². The second kappa shape index (κ2) is 11.9. The van der Waals surface area contributed by atoms with Gasteiger partial charge in [0.1, 0.15) is 11.5 Å². The van der Waals surface area contributed by atoms with Crippen molar-refractivity contribution in [2.75, 3.05) is 6.26 Å². The summed E-state index contributed by atoms with van der Waals surface area (Å²) >= 11 is 0. The van der Waals surface area contributed by atoms with Crippen molar-refractivity contribution < 1.29 is 17.7 Å². The van der Waals surface area contributed by atoms with Gasteiger partial charge in [0.2, 0.25) is 0 Å². The van der Waals surface area contributed by atoms with Gasteiger partial charge in [0.05, 0.1) is 6.26 Å². The van der Waals surface area contributed by atoms with E-state index in [0.717, 1.165) is 39.6 Å². The minimum absolute atomic E-state index is 0.0379. The maximum Gasteiger partial charge on any atom is 0.306 e. The van der Waals surface area contributed by atoms with E-state index in [9.17, 15) is 13.5 Å². The van der Waals surface area contributed by atoms with Crippen LogP contribution in [0.2, 0.25) is 0 Å². The van der Waals surface area contributed by atoms with Crippen molar-refractivity contribution in [2.24, 2.45) is 0 Å². The Bertz CT molecular complexity index is 1590. The van der Waals surface area contributed by atoms with E-state index >= 15 is 0 Å². The first-order chi connectivity index (χ1) is 18.4. The average Bonchev–Trinajstić information content (AvgIpc) is 2.82. The number of phenols is 1. The minimum Gasteiger partial charge on any atom is -0.508 e. The van der Waals surface area contributed by atoms with E-state index in [1.165, 1.54) is 11.1 Å². The van der Waals surface area contributed by atoms with Crippen LogP contribution in [-0.4, -0.2) is 19.8 Å². The number of hydrogen-bond acceptors (Lipinski definition) is 4. The molecular weight excluding hydrogens is 516 g/mol. The summed E-state index contributed by atoms with van der Waals surface area (Å²) in [4.78, 5) is 0. The van der Waals surface area contributed by atoms with Crippen molar-refractivity contribution in [1.82, 2.24) is 0 Å². The maximum absolute atomic E-state index is 11.5. The second-order valence-electron chi connectivity index (χ2n) is 12.4. The van der Waals surface area contributed by atoms with Gasteiger partial charge in [-0.2, -0.15) is 8.42 Å². The number of aromatic hydroxyl groups is 1. The van der Waals surface area contributed by atoms with Crippen LogP contribution in [0, 0.1) is 13.8 Å². The number of benzene rings is 4. The smallest absolute Gasteiger partial charge is 0.306 e. The Hall–Kier alpha value is -3.57. The van der Waals surface area contributed by atoms with Crippen LogP contribution in [0.15, 0.2) is 84.9 Å². The maximum atomic E-state index is 11.5. The highest BCUT2D eigenvalue weighted by Gasteiger charge is 2.19. The molecule has 0 saturated heterocycles. The van der Waals surface area contributed by atoms with Crippen LogP contribution < -0.4 is 4.18 Å². The summed E-state index contributed by atoms with van der Waals surface area (Å²) in [5, 5.41) is 9.91. The van der Waals surface area contributed by atoms with Gasteiger partial charge in [0.25, 0.3) is 0 Å². The van der Waals surface area contributed by atoms with Gasteiger partial charge in [-0.15, -0.1) is 0 Å². The van der Waals surface area contributed by atoms with Crippen molar-refractivity contribution in [3.63, 3.8) is 0 Å². The Morgan fingerprint density at radius 1 is 0.625 bits per heavy atom. The normalized spacial score (nSPS) is 11.9. The van der Waals surface area contributed by atoms with Crippen LogP contribution in [-0.2, 0) is 20.9 Å². The second-order valence-corrected chi connectivity index (χ2v) is 14.0. The Morgan fingerprint density at radius 2 is 1.05 bits per heavy atom. The van der Waals surface area contributed by atoms with E-state index < -0.39 is 10.1 Å². The van der Waals surface area contributed by atoms with Crippen LogP contribution in [0.5, 0.6) is 11.5 Å². The third-order valence-electron chi connectivity index (χ3n) is 6.72. The van der Waals surface area contributed by atoms with Gasteiger partial charge in [0.15, 0.2) is 0 Å². The quantitative estimate of drug-likeness (QED) is 0.254. The summed E-state index contributed by atoms with van der Waals surface area (Å²) in [5.41, 5.74) is 8.78. The molecule has 0 amide bonds.